The van der Waals surface area contributed by atoms with Crippen molar-refractivity contribution in [3.63, 3.8) is 0 Å². The molecule has 1 amide bonds. The van der Waals surface area contributed by atoms with Gasteiger partial charge in [0.2, 0.25) is 0 Å². The topological polar surface area (TPSA) is 77.5 Å². The maximum Gasteiger partial charge on any atom is 0.254 e. The Morgan fingerprint density at radius 2 is 2.41 bits per heavy atom. The van der Waals surface area contributed by atoms with Crippen molar-refractivity contribution < 1.29 is 13.9 Å². The molecule has 0 radical (unpaired) electrons. The van der Waals surface area contributed by atoms with Gasteiger partial charge in [0.25, 0.3) is 5.91 Å². The van der Waals surface area contributed by atoms with E-state index in [4.69, 9.17) is 14.9 Å². The minimum atomic E-state index is -0.142. The van der Waals surface area contributed by atoms with E-state index >= 15 is 0 Å². The second-order valence-corrected chi connectivity index (χ2v) is 4.81. The van der Waals surface area contributed by atoms with Gasteiger partial charge in [-0.25, -0.2) is 0 Å². The zero-order valence-electron chi connectivity index (χ0n) is 9.68. The summed E-state index contributed by atoms with van der Waals surface area (Å²) in [5, 5.41) is 2.92. The Morgan fingerprint density at radius 1 is 1.59 bits per heavy atom. The van der Waals surface area contributed by atoms with Gasteiger partial charge in [-0.1, -0.05) is 0 Å². The lowest BCUT2D eigenvalue weighted by Crippen LogP contribution is -2.68. The average molecular weight is 236 g/mol. The monoisotopic (exact) mass is 236 g/mol. The van der Waals surface area contributed by atoms with Gasteiger partial charge in [0.1, 0.15) is 12.0 Å². The van der Waals surface area contributed by atoms with Gasteiger partial charge in [-0.2, -0.15) is 0 Å². The summed E-state index contributed by atoms with van der Waals surface area (Å²) in [7, 11) is 0. The van der Waals surface area contributed by atoms with Gasteiger partial charge in [0.05, 0.1) is 17.7 Å². The fourth-order valence-electron chi connectivity index (χ4n) is 2.72. The Bertz CT molecular complexity index is 443. The van der Waals surface area contributed by atoms with Crippen LogP contribution in [0.4, 0.5) is 0 Å². The number of aryl methyl sites for hydroxylation is 1. The van der Waals surface area contributed by atoms with Crippen LogP contribution in [0, 0.1) is 12.8 Å². The Labute approximate surface area is 99.3 Å². The van der Waals surface area contributed by atoms with E-state index in [0.29, 0.717) is 11.5 Å². The quantitative estimate of drug-likeness (QED) is 0.780. The lowest BCUT2D eigenvalue weighted by molar-refractivity contribution is -0.0161. The van der Waals surface area contributed by atoms with Crippen LogP contribution in [0.3, 0.4) is 0 Å². The van der Waals surface area contributed by atoms with Crippen molar-refractivity contribution in [3.05, 3.63) is 23.7 Å². The van der Waals surface area contributed by atoms with Crippen molar-refractivity contribution in [2.45, 2.75) is 31.5 Å². The zero-order chi connectivity index (χ0) is 12.0. The zero-order valence-corrected chi connectivity index (χ0v) is 9.68. The summed E-state index contributed by atoms with van der Waals surface area (Å²) in [4.78, 5) is 11.9. The number of furan rings is 1. The molecule has 4 atom stereocenters. The molecule has 2 aliphatic rings. The molecule has 2 heterocycles. The molecule has 0 aromatic carbocycles. The molecule has 1 saturated heterocycles. The van der Waals surface area contributed by atoms with Crippen molar-refractivity contribution >= 4 is 5.91 Å². The average Bonchev–Trinajstić information content (AvgIpc) is 2.92. The standard InChI is InChI=1S/C12H16N2O3/c1-6-4-7(5-17-6)12(15)14-10-9(13)8-2-3-16-11(8)10/h4-5,8-11H,2-3,13H2,1H3,(H,14,15). The molecule has 0 bridgehead atoms. The van der Waals surface area contributed by atoms with E-state index in [1.165, 1.54) is 6.26 Å². The first-order chi connectivity index (χ1) is 8.16. The van der Waals surface area contributed by atoms with Crippen molar-refractivity contribution in [1.82, 2.24) is 5.32 Å². The molecule has 0 spiro atoms. The highest BCUT2D eigenvalue weighted by Gasteiger charge is 2.52. The number of carbonyl (C=O) groups is 1. The SMILES string of the molecule is Cc1cc(C(=O)NC2C(N)C3CCOC32)co1. The number of carbonyl (C=O) groups excluding carboxylic acids is 1. The Balaban J connectivity index is 1.66. The molecular formula is C12H16N2O3. The lowest BCUT2D eigenvalue weighted by Gasteiger charge is -2.45. The van der Waals surface area contributed by atoms with Crippen LogP contribution in [-0.2, 0) is 4.74 Å². The number of nitrogens with two attached hydrogens (primary N) is 1. The van der Waals surface area contributed by atoms with Crippen molar-refractivity contribution in [2.24, 2.45) is 11.7 Å². The highest BCUT2D eigenvalue weighted by molar-refractivity contribution is 5.94. The number of rotatable bonds is 2. The van der Waals surface area contributed by atoms with Crippen molar-refractivity contribution in [2.75, 3.05) is 6.61 Å². The molecule has 1 aliphatic heterocycles. The number of hydrogen-bond donors (Lipinski definition) is 2. The van der Waals surface area contributed by atoms with E-state index in [-0.39, 0.29) is 24.1 Å². The second-order valence-electron chi connectivity index (χ2n) is 4.81. The molecule has 1 aliphatic carbocycles. The van der Waals surface area contributed by atoms with E-state index in [1.54, 1.807) is 6.07 Å². The number of nitrogens with one attached hydrogen (secondary N) is 1. The van der Waals surface area contributed by atoms with E-state index in [1.807, 2.05) is 6.92 Å². The normalized spacial score (nSPS) is 35.2. The Morgan fingerprint density at radius 3 is 3.12 bits per heavy atom. The fraction of sp³-hybridized carbons (Fsp3) is 0.583. The summed E-state index contributed by atoms with van der Waals surface area (Å²) in [6.07, 6.45) is 2.56. The molecule has 2 fully saturated rings. The van der Waals surface area contributed by atoms with E-state index in [9.17, 15) is 4.79 Å². The molecule has 17 heavy (non-hydrogen) atoms. The van der Waals surface area contributed by atoms with E-state index in [2.05, 4.69) is 5.32 Å². The van der Waals surface area contributed by atoms with Crippen LogP contribution in [0.5, 0.6) is 0 Å². The summed E-state index contributed by atoms with van der Waals surface area (Å²) in [5.41, 5.74) is 6.56. The molecule has 5 nitrogen and oxygen atoms in total. The van der Waals surface area contributed by atoms with Gasteiger partial charge < -0.3 is 20.2 Å². The van der Waals surface area contributed by atoms with Crippen LogP contribution in [0.15, 0.2) is 16.7 Å². The number of hydrogen-bond acceptors (Lipinski definition) is 4. The highest BCUT2D eigenvalue weighted by Crippen LogP contribution is 2.37. The predicted octanol–water partition coefficient (Wildman–Crippen LogP) is 0.432. The maximum absolute atomic E-state index is 11.9. The summed E-state index contributed by atoms with van der Waals surface area (Å²) in [6.45, 7) is 2.56. The van der Waals surface area contributed by atoms with Crippen LogP contribution < -0.4 is 11.1 Å². The third kappa shape index (κ3) is 1.66. The first kappa shape index (κ1) is 10.8. The molecule has 1 saturated carbocycles. The number of amides is 1. The summed E-state index contributed by atoms with van der Waals surface area (Å²) in [6, 6.07) is 1.66. The Hall–Kier alpha value is -1.33. The second kappa shape index (κ2) is 3.85. The number of fused-ring (bicyclic) bond motifs is 1. The smallest absolute Gasteiger partial charge is 0.254 e. The summed E-state index contributed by atoms with van der Waals surface area (Å²) < 4.78 is 10.7. The molecule has 3 N–H and O–H groups in total. The summed E-state index contributed by atoms with van der Waals surface area (Å²) >= 11 is 0. The first-order valence-corrected chi connectivity index (χ1v) is 5.90. The highest BCUT2D eigenvalue weighted by atomic mass is 16.5. The van der Waals surface area contributed by atoms with Crippen LogP contribution in [-0.4, -0.2) is 30.7 Å². The molecular weight excluding hydrogens is 220 g/mol. The molecule has 1 aromatic rings. The third-order valence-electron chi connectivity index (χ3n) is 3.74. The molecule has 5 heteroatoms. The van der Waals surface area contributed by atoms with Gasteiger partial charge >= 0.3 is 0 Å². The van der Waals surface area contributed by atoms with Gasteiger partial charge in [-0.3, -0.25) is 4.79 Å². The van der Waals surface area contributed by atoms with Gasteiger partial charge in [0, 0.05) is 18.6 Å². The minimum Gasteiger partial charge on any atom is -0.469 e. The minimum absolute atomic E-state index is 0.0134. The van der Waals surface area contributed by atoms with E-state index in [0.717, 1.165) is 18.8 Å². The fourth-order valence-corrected chi connectivity index (χ4v) is 2.72. The molecule has 92 valence electrons. The van der Waals surface area contributed by atoms with E-state index < -0.39 is 0 Å². The molecule has 4 unspecified atom stereocenters. The van der Waals surface area contributed by atoms with Crippen LogP contribution in [0.2, 0.25) is 0 Å². The Kier molecular flexibility index (Phi) is 2.45. The van der Waals surface area contributed by atoms with Crippen LogP contribution in [0.1, 0.15) is 22.5 Å². The van der Waals surface area contributed by atoms with Gasteiger partial charge in [-0.05, 0) is 19.4 Å². The predicted molar refractivity (Wildman–Crippen MR) is 60.5 cm³/mol. The van der Waals surface area contributed by atoms with Crippen molar-refractivity contribution in [1.29, 1.82) is 0 Å². The van der Waals surface area contributed by atoms with Crippen molar-refractivity contribution in [3.8, 4) is 0 Å². The first-order valence-electron chi connectivity index (χ1n) is 5.90. The third-order valence-corrected chi connectivity index (χ3v) is 3.74. The molecule has 3 rings (SSSR count). The lowest BCUT2D eigenvalue weighted by atomic mass is 9.72. The summed E-state index contributed by atoms with van der Waals surface area (Å²) in [5.74, 6) is 0.991. The van der Waals surface area contributed by atoms with Gasteiger partial charge in [-0.15, -0.1) is 0 Å². The van der Waals surface area contributed by atoms with Gasteiger partial charge in [0.15, 0.2) is 0 Å². The molecule has 1 aromatic heterocycles. The maximum atomic E-state index is 11.9. The van der Waals surface area contributed by atoms with Crippen LogP contribution >= 0.6 is 0 Å². The number of ether oxygens (including phenoxy) is 1. The van der Waals surface area contributed by atoms with Crippen LogP contribution in [0.25, 0.3) is 0 Å². The largest absolute Gasteiger partial charge is 0.469 e.